The number of halogens is 2. The summed E-state index contributed by atoms with van der Waals surface area (Å²) in [7, 11) is 1.64. The van der Waals surface area contributed by atoms with Gasteiger partial charge < -0.3 is 0 Å². The second kappa shape index (κ2) is 6.59. The van der Waals surface area contributed by atoms with E-state index in [-0.39, 0.29) is 22.7 Å². The predicted octanol–water partition coefficient (Wildman–Crippen LogP) is 3.74. The molecule has 0 spiro atoms. The fraction of sp³-hybridized carbons (Fsp3) is 0.278. The Morgan fingerprint density at radius 3 is 2.88 bits per heavy atom. The summed E-state index contributed by atoms with van der Waals surface area (Å²) in [6.07, 6.45) is 2.96. The smallest absolute Gasteiger partial charge is 0.262 e. The van der Waals surface area contributed by atoms with Crippen LogP contribution in [0.25, 0.3) is 10.2 Å². The van der Waals surface area contributed by atoms with E-state index in [2.05, 4.69) is 4.98 Å². The third-order valence-corrected chi connectivity index (χ3v) is 6.69. The number of rotatable bonds is 4. The van der Waals surface area contributed by atoms with Crippen LogP contribution in [0.2, 0.25) is 0 Å². The van der Waals surface area contributed by atoms with Gasteiger partial charge >= 0.3 is 0 Å². The molecule has 0 aliphatic heterocycles. The van der Waals surface area contributed by atoms with E-state index < -0.39 is 11.6 Å². The Bertz CT molecular complexity index is 1100. The third kappa shape index (κ3) is 2.87. The summed E-state index contributed by atoms with van der Waals surface area (Å²) >= 11 is 2.67. The molecule has 0 fully saturated rings. The van der Waals surface area contributed by atoms with Crippen molar-refractivity contribution in [2.45, 2.75) is 24.4 Å². The SMILES string of the molecule is Cn1c(SCC(=O)c2ccc(F)c(F)c2)nc2sc3c(c2c1=O)CCC3. The van der Waals surface area contributed by atoms with Gasteiger partial charge in [-0.15, -0.1) is 11.3 Å². The Morgan fingerprint density at radius 1 is 1.31 bits per heavy atom. The number of carbonyl (C=O) groups is 1. The molecule has 0 atom stereocenters. The van der Waals surface area contributed by atoms with Gasteiger partial charge in [0.25, 0.3) is 5.56 Å². The van der Waals surface area contributed by atoms with Gasteiger partial charge in [-0.3, -0.25) is 14.2 Å². The van der Waals surface area contributed by atoms with Gasteiger partial charge in [-0.25, -0.2) is 13.8 Å². The van der Waals surface area contributed by atoms with Gasteiger partial charge in [-0.1, -0.05) is 11.8 Å². The average Bonchev–Trinajstić information content (AvgIpc) is 3.19. The fourth-order valence-corrected chi connectivity index (χ4v) is 5.29. The van der Waals surface area contributed by atoms with E-state index in [0.717, 1.165) is 48.7 Å². The van der Waals surface area contributed by atoms with Crippen LogP contribution in [-0.4, -0.2) is 21.1 Å². The quantitative estimate of drug-likeness (QED) is 0.386. The number of ketones is 1. The molecule has 0 unspecified atom stereocenters. The second-order valence-corrected chi connectivity index (χ2v) is 8.16. The van der Waals surface area contributed by atoms with Crippen LogP contribution in [0.1, 0.15) is 27.2 Å². The molecule has 4 rings (SSSR count). The Labute approximate surface area is 155 Å². The lowest BCUT2D eigenvalue weighted by molar-refractivity contribution is 0.102. The fourth-order valence-electron chi connectivity index (χ4n) is 3.12. The minimum absolute atomic E-state index is 0.0120. The van der Waals surface area contributed by atoms with Crippen molar-refractivity contribution in [3.05, 3.63) is 56.2 Å². The van der Waals surface area contributed by atoms with Gasteiger partial charge in [-0.2, -0.15) is 0 Å². The summed E-state index contributed by atoms with van der Waals surface area (Å²) in [5.74, 6) is -2.41. The van der Waals surface area contributed by atoms with Crippen molar-refractivity contribution in [2.24, 2.45) is 7.05 Å². The summed E-state index contributed by atoms with van der Waals surface area (Å²) in [5.41, 5.74) is 1.11. The molecular weight excluding hydrogens is 378 g/mol. The topological polar surface area (TPSA) is 52.0 Å². The van der Waals surface area contributed by atoms with E-state index in [1.807, 2.05) is 0 Å². The molecule has 3 aromatic rings. The van der Waals surface area contributed by atoms with Gasteiger partial charge in [0.2, 0.25) is 0 Å². The Morgan fingerprint density at radius 2 is 2.12 bits per heavy atom. The monoisotopic (exact) mass is 392 g/mol. The Kier molecular flexibility index (Phi) is 4.40. The average molecular weight is 392 g/mol. The van der Waals surface area contributed by atoms with Crippen LogP contribution in [-0.2, 0) is 19.9 Å². The lowest BCUT2D eigenvalue weighted by atomic mass is 10.1. The molecule has 2 aromatic heterocycles. The van der Waals surface area contributed by atoms with Crippen LogP contribution in [0, 0.1) is 11.6 Å². The first-order valence-electron chi connectivity index (χ1n) is 8.08. The third-order valence-electron chi connectivity index (χ3n) is 4.48. The van der Waals surface area contributed by atoms with Crippen LogP contribution in [0.4, 0.5) is 8.78 Å². The van der Waals surface area contributed by atoms with Gasteiger partial charge in [0.15, 0.2) is 22.6 Å². The number of aryl methyl sites for hydroxylation is 2. The summed E-state index contributed by atoms with van der Waals surface area (Å²) in [5, 5.41) is 1.14. The van der Waals surface area contributed by atoms with E-state index in [1.165, 1.54) is 15.5 Å². The summed E-state index contributed by atoms with van der Waals surface area (Å²) in [6, 6.07) is 3.07. The number of thiophene rings is 1. The van der Waals surface area contributed by atoms with Crippen LogP contribution < -0.4 is 5.56 Å². The molecule has 1 aliphatic carbocycles. The first-order valence-corrected chi connectivity index (χ1v) is 9.88. The van der Waals surface area contributed by atoms with Crippen molar-refractivity contribution in [1.29, 1.82) is 0 Å². The van der Waals surface area contributed by atoms with Crippen molar-refractivity contribution < 1.29 is 13.6 Å². The number of hydrogen-bond acceptors (Lipinski definition) is 5. The predicted molar refractivity (Wildman–Crippen MR) is 98.3 cm³/mol. The molecule has 4 nitrogen and oxygen atoms in total. The normalized spacial score (nSPS) is 13.3. The largest absolute Gasteiger partial charge is 0.293 e. The number of nitrogens with zero attached hydrogens (tertiary/aromatic N) is 2. The molecule has 1 aliphatic rings. The summed E-state index contributed by atoms with van der Waals surface area (Å²) < 4.78 is 27.7. The molecular formula is C18H14F2N2O2S2. The van der Waals surface area contributed by atoms with Crippen molar-refractivity contribution in [3.8, 4) is 0 Å². The molecule has 2 heterocycles. The van der Waals surface area contributed by atoms with Crippen LogP contribution in [0.5, 0.6) is 0 Å². The van der Waals surface area contributed by atoms with Gasteiger partial charge in [0.1, 0.15) is 4.83 Å². The Balaban J connectivity index is 1.61. The van der Waals surface area contributed by atoms with Gasteiger partial charge in [0, 0.05) is 17.5 Å². The lowest BCUT2D eigenvalue weighted by Crippen LogP contribution is -2.20. The highest BCUT2D eigenvalue weighted by Gasteiger charge is 2.22. The maximum atomic E-state index is 13.3. The standard InChI is InChI=1S/C18H14F2N2O2S2/c1-22-17(24)15-10-3-2-4-14(10)26-16(15)21-18(22)25-8-13(23)9-5-6-11(19)12(20)7-9/h5-7H,2-4,8H2,1H3. The molecule has 0 saturated carbocycles. The zero-order chi connectivity index (χ0) is 18.4. The van der Waals surface area contributed by atoms with Crippen LogP contribution >= 0.6 is 23.1 Å². The molecule has 0 saturated heterocycles. The number of hydrogen-bond donors (Lipinski definition) is 0. The first kappa shape index (κ1) is 17.4. The number of thioether (sulfide) groups is 1. The van der Waals surface area contributed by atoms with Gasteiger partial charge in [0.05, 0.1) is 11.1 Å². The summed E-state index contributed by atoms with van der Waals surface area (Å²) in [4.78, 5) is 31.4. The highest BCUT2D eigenvalue weighted by Crippen LogP contribution is 2.35. The maximum absolute atomic E-state index is 13.3. The number of carbonyl (C=O) groups excluding carboxylic acids is 1. The maximum Gasteiger partial charge on any atom is 0.262 e. The minimum atomic E-state index is -1.05. The number of benzene rings is 1. The van der Waals surface area contributed by atoms with Crippen LogP contribution in [0.3, 0.4) is 0 Å². The lowest BCUT2D eigenvalue weighted by Gasteiger charge is -2.07. The van der Waals surface area contributed by atoms with Crippen LogP contribution in [0.15, 0.2) is 28.2 Å². The number of Topliss-reactive ketones (excluding diaryl/α,β-unsaturated/α-hetero) is 1. The van der Waals surface area contributed by atoms with E-state index in [4.69, 9.17) is 0 Å². The van der Waals surface area contributed by atoms with E-state index >= 15 is 0 Å². The highest BCUT2D eigenvalue weighted by molar-refractivity contribution is 7.99. The molecule has 134 valence electrons. The molecule has 26 heavy (non-hydrogen) atoms. The molecule has 0 bridgehead atoms. The first-order chi connectivity index (χ1) is 12.5. The minimum Gasteiger partial charge on any atom is -0.293 e. The Hall–Kier alpha value is -2.06. The number of aromatic nitrogens is 2. The van der Waals surface area contributed by atoms with Crippen molar-refractivity contribution in [2.75, 3.05) is 5.75 Å². The van der Waals surface area contributed by atoms with Crippen molar-refractivity contribution in [1.82, 2.24) is 9.55 Å². The zero-order valence-electron chi connectivity index (χ0n) is 13.8. The van der Waals surface area contributed by atoms with Crippen molar-refractivity contribution >= 4 is 39.1 Å². The molecule has 1 aromatic carbocycles. The van der Waals surface area contributed by atoms with Crippen molar-refractivity contribution in [3.63, 3.8) is 0 Å². The zero-order valence-corrected chi connectivity index (χ0v) is 15.5. The molecule has 0 radical (unpaired) electrons. The van der Waals surface area contributed by atoms with E-state index in [1.54, 1.807) is 18.4 Å². The number of fused-ring (bicyclic) bond motifs is 3. The van der Waals surface area contributed by atoms with E-state index in [0.29, 0.717) is 15.4 Å². The highest BCUT2D eigenvalue weighted by atomic mass is 32.2. The second-order valence-electron chi connectivity index (χ2n) is 6.14. The van der Waals surface area contributed by atoms with E-state index in [9.17, 15) is 18.4 Å². The molecule has 0 amide bonds. The van der Waals surface area contributed by atoms with Gasteiger partial charge in [-0.05, 0) is 43.0 Å². The molecule has 0 N–H and O–H groups in total. The molecule has 8 heteroatoms. The summed E-state index contributed by atoms with van der Waals surface area (Å²) in [6.45, 7) is 0.